The van der Waals surface area contributed by atoms with Crippen molar-refractivity contribution in [2.75, 3.05) is 19.6 Å². The van der Waals surface area contributed by atoms with Gasteiger partial charge in [0.15, 0.2) is 0 Å². The molecule has 1 aliphatic heterocycles. The molecule has 0 radical (unpaired) electrons. The molecule has 9 heteroatoms. The second kappa shape index (κ2) is 6.44. The third-order valence-electron chi connectivity index (χ3n) is 4.15. The molecule has 1 aromatic carbocycles. The van der Waals surface area contributed by atoms with Gasteiger partial charge >= 0.3 is 0 Å². The van der Waals surface area contributed by atoms with Crippen molar-refractivity contribution in [1.29, 1.82) is 0 Å². The summed E-state index contributed by atoms with van der Waals surface area (Å²) in [6, 6.07) is 1.87. The van der Waals surface area contributed by atoms with Gasteiger partial charge in [-0.2, -0.15) is 4.31 Å². The zero-order chi connectivity index (χ0) is 17.5. The largest absolute Gasteiger partial charge is 0.337 e. The Morgan fingerprint density at radius 1 is 1.42 bits per heavy atom. The summed E-state index contributed by atoms with van der Waals surface area (Å²) in [4.78, 5) is 4.20. The molecule has 0 amide bonds. The molecule has 24 heavy (non-hydrogen) atoms. The van der Waals surface area contributed by atoms with Gasteiger partial charge in [0.25, 0.3) is 0 Å². The van der Waals surface area contributed by atoms with Crippen LogP contribution in [0.1, 0.15) is 17.4 Å². The minimum atomic E-state index is -3.88. The number of sulfonamides is 1. The number of nitrogens with zero attached hydrogens (tertiary/aromatic N) is 3. The molecule has 1 atom stereocenters. The van der Waals surface area contributed by atoms with Crippen molar-refractivity contribution >= 4 is 21.6 Å². The smallest absolute Gasteiger partial charge is 0.245 e. The Balaban J connectivity index is 2.07. The Kier molecular flexibility index (Phi) is 4.65. The minimum Gasteiger partial charge on any atom is -0.337 e. The molecule has 1 aromatic heterocycles. The topological polar surface area (TPSA) is 67.2 Å². The number of imidazole rings is 1. The van der Waals surface area contributed by atoms with Crippen LogP contribution >= 0.6 is 11.6 Å². The number of hydrogen-bond donors (Lipinski definition) is 1. The van der Waals surface area contributed by atoms with E-state index in [9.17, 15) is 12.8 Å². The molecule has 1 saturated heterocycles. The number of hydrogen-bond acceptors (Lipinski definition) is 4. The molecular weight excluding hydrogens is 355 g/mol. The van der Waals surface area contributed by atoms with Crippen molar-refractivity contribution in [3.63, 3.8) is 0 Å². The normalized spacial score (nSPS) is 19.6. The van der Waals surface area contributed by atoms with E-state index in [-0.39, 0.29) is 22.0 Å². The lowest BCUT2D eigenvalue weighted by molar-refractivity contribution is 0.258. The third kappa shape index (κ3) is 2.95. The van der Waals surface area contributed by atoms with Crippen molar-refractivity contribution in [3.05, 3.63) is 46.8 Å². The van der Waals surface area contributed by atoms with E-state index < -0.39 is 21.9 Å². The van der Waals surface area contributed by atoms with Crippen LogP contribution in [0.15, 0.2) is 29.4 Å². The number of benzene rings is 1. The van der Waals surface area contributed by atoms with Crippen LogP contribution in [0.2, 0.25) is 5.02 Å². The third-order valence-corrected chi connectivity index (χ3v) is 6.52. The molecule has 0 aliphatic carbocycles. The summed E-state index contributed by atoms with van der Waals surface area (Å²) in [7, 11) is -2.07. The first-order valence-corrected chi connectivity index (χ1v) is 9.29. The van der Waals surface area contributed by atoms with Gasteiger partial charge in [-0.05, 0) is 24.6 Å². The first-order chi connectivity index (χ1) is 11.3. The van der Waals surface area contributed by atoms with Gasteiger partial charge in [0.2, 0.25) is 10.0 Å². The van der Waals surface area contributed by atoms with Crippen LogP contribution in [0.4, 0.5) is 4.39 Å². The van der Waals surface area contributed by atoms with Gasteiger partial charge in [0.1, 0.15) is 16.5 Å². The van der Waals surface area contributed by atoms with Crippen LogP contribution in [0, 0.1) is 12.7 Å². The lowest BCUT2D eigenvalue weighted by Gasteiger charge is -2.34. The molecule has 1 N–H and O–H groups in total. The van der Waals surface area contributed by atoms with Crippen LogP contribution < -0.4 is 5.32 Å². The van der Waals surface area contributed by atoms with Crippen LogP contribution in [0.25, 0.3) is 0 Å². The Morgan fingerprint density at radius 2 is 2.17 bits per heavy atom. The van der Waals surface area contributed by atoms with Gasteiger partial charge in [-0.15, -0.1) is 0 Å². The second-order valence-corrected chi connectivity index (χ2v) is 8.03. The molecule has 0 saturated carbocycles. The number of rotatable bonds is 3. The predicted molar refractivity (Wildman–Crippen MR) is 88.9 cm³/mol. The SMILES string of the molecule is Cc1cc(S(=O)(=O)N2CCNCC2c2nccn2C)c(Cl)cc1F. The molecule has 1 aliphatic rings. The van der Waals surface area contributed by atoms with E-state index >= 15 is 0 Å². The van der Waals surface area contributed by atoms with E-state index in [1.807, 2.05) is 7.05 Å². The van der Waals surface area contributed by atoms with E-state index in [4.69, 9.17) is 11.6 Å². The number of halogens is 2. The zero-order valence-electron chi connectivity index (χ0n) is 13.3. The maximum atomic E-state index is 13.6. The summed E-state index contributed by atoms with van der Waals surface area (Å²) in [5, 5.41) is 3.07. The predicted octanol–water partition coefficient (Wildman–Crippen LogP) is 1.86. The van der Waals surface area contributed by atoms with E-state index in [1.165, 1.54) is 17.3 Å². The first kappa shape index (κ1) is 17.3. The molecule has 1 unspecified atom stereocenters. The van der Waals surface area contributed by atoms with Crippen molar-refractivity contribution in [1.82, 2.24) is 19.2 Å². The fraction of sp³-hybridized carbons (Fsp3) is 0.400. The Bertz CT molecular complexity index is 868. The standard InChI is InChI=1S/C15H18ClFN4O2S/c1-10-7-14(11(16)8-12(10)17)24(22,23)21-6-3-18-9-13(21)15-19-4-5-20(15)2/h4-5,7-8,13,18H,3,6,9H2,1-2H3. The van der Waals surface area contributed by atoms with Gasteiger partial charge in [-0.3, -0.25) is 0 Å². The molecule has 130 valence electrons. The van der Waals surface area contributed by atoms with E-state index in [2.05, 4.69) is 10.3 Å². The molecule has 0 spiro atoms. The maximum Gasteiger partial charge on any atom is 0.245 e. The van der Waals surface area contributed by atoms with Gasteiger partial charge in [-0.25, -0.2) is 17.8 Å². The minimum absolute atomic E-state index is 0.0795. The van der Waals surface area contributed by atoms with Gasteiger partial charge < -0.3 is 9.88 Å². The van der Waals surface area contributed by atoms with E-state index in [0.717, 1.165) is 6.07 Å². The summed E-state index contributed by atoms with van der Waals surface area (Å²) >= 11 is 6.03. The number of aromatic nitrogens is 2. The Hall–Kier alpha value is -1.48. The quantitative estimate of drug-likeness (QED) is 0.893. The highest BCUT2D eigenvalue weighted by molar-refractivity contribution is 7.89. The Morgan fingerprint density at radius 3 is 2.83 bits per heavy atom. The van der Waals surface area contributed by atoms with Crippen molar-refractivity contribution in [2.24, 2.45) is 7.05 Å². The highest BCUT2D eigenvalue weighted by Crippen LogP contribution is 2.32. The molecule has 6 nitrogen and oxygen atoms in total. The summed E-state index contributed by atoms with van der Waals surface area (Å²) in [5.41, 5.74) is 0.238. The van der Waals surface area contributed by atoms with Crippen molar-refractivity contribution < 1.29 is 12.8 Å². The number of piperazine rings is 1. The average Bonchev–Trinajstić information content (AvgIpc) is 2.96. The molecule has 2 aromatic rings. The summed E-state index contributed by atoms with van der Waals surface area (Å²) < 4.78 is 43.1. The molecule has 2 heterocycles. The van der Waals surface area contributed by atoms with Crippen molar-refractivity contribution in [3.8, 4) is 0 Å². The summed E-state index contributed by atoms with van der Waals surface area (Å²) in [5.74, 6) is 0.112. The van der Waals surface area contributed by atoms with Crippen LogP contribution in [-0.4, -0.2) is 41.9 Å². The fourth-order valence-electron chi connectivity index (χ4n) is 2.85. The molecule has 0 bridgehead atoms. The fourth-order valence-corrected chi connectivity index (χ4v) is 5.01. The summed E-state index contributed by atoms with van der Waals surface area (Å²) in [6.45, 7) is 2.77. The van der Waals surface area contributed by atoms with Crippen molar-refractivity contribution in [2.45, 2.75) is 17.9 Å². The molecular formula is C15H18ClFN4O2S. The van der Waals surface area contributed by atoms with E-state index in [1.54, 1.807) is 17.0 Å². The maximum absolute atomic E-state index is 13.6. The molecule has 1 fully saturated rings. The average molecular weight is 373 g/mol. The van der Waals surface area contributed by atoms with Gasteiger partial charge in [-0.1, -0.05) is 11.6 Å². The van der Waals surface area contributed by atoms with Crippen LogP contribution in [0.3, 0.4) is 0 Å². The second-order valence-electron chi connectivity index (χ2n) is 5.76. The summed E-state index contributed by atoms with van der Waals surface area (Å²) in [6.07, 6.45) is 3.40. The lowest BCUT2D eigenvalue weighted by atomic mass is 10.2. The zero-order valence-corrected chi connectivity index (χ0v) is 14.9. The van der Waals surface area contributed by atoms with Crippen LogP contribution in [0.5, 0.6) is 0 Å². The lowest BCUT2D eigenvalue weighted by Crippen LogP contribution is -2.49. The number of nitrogens with one attached hydrogen (secondary N) is 1. The Labute approximate surface area is 145 Å². The van der Waals surface area contributed by atoms with Gasteiger partial charge in [0.05, 0.1) is 11.1 Å². The monoisotopic (exact) mass is 372 g/mol. The number of aryl methyl sites for hydroxylation is 2. The first-order valence-electron chi connectivity index (χ1n) is 7.48. The highest BCUT2D eigenvalue weighted by Gasteiger charge is 2.37. The highest BCUT2D eigenvalue weighted by atomic mass is 35.5. The van der Waals surface area contributed by atoms with Crippen LogP contribution in [-0.2, 0) is 17.1 Å². The van der Waals surface area contributed by atoms with Gasteiger partial charge in [0, 0.05) is 39.1 Å². The van der Waals surface area contributed by atoms with E-state index in [0.29, 0.717) is 18.9 Å². The molecule has 3 rings (SSSR count).